The second-order valence-electron chi connectivity index (χ2n) is 3.47. The van der Waals surface area contributed by atoms with Gasteiger partial charge in [0.15, 0.2) is 0 Å². The highest BCUT2D eigenvalue weighted by molar-refractivity contribution is 7.81. The first-order valence-electron chi connectivity index (χ1n) is 5.30. The third-order valence-electron chi connectivity index (χ3n) is 2.33. The van der Waals surface area contributed by atoms with Crippen LogP contribution in [0.15, 0.2) is 24.3 Å². The van der Waals surface area contributed by atoms with Crippen molar-refractivity contribution in [1.29, 1.82) is 0 Å². The van der Waals surface area contributed by atoms with Crippen LogP contribution in [0.1, 0.15) is 5.56 Å². The molecule has 0 amide bonds. The minimum absolute atomic E-state index is 0. The van der Waals surface area contributed by atoms with Gasteiger partial charge in [-0.05, 0) is 18.1 Å². The van der Waals surface area contributed by atoms with E-state index in [0.29, 0.717) is 13.2 Å². The van der Waals surface area contributed by atoms with E-state index in [1.807, 2.05) is 18.2 Å². The molecule has 0 aromatic heterocycles. The Labute approximate surface area is 117 Å². The molecule has 0 saturated heterocycles. The van der Waals surface area contributed by atoms with Crippen LogP contribution in [0, 0.1) is 0 Å². The van der Waals surface area contributed by atoms with Crippen LogP contribution in [0.5, 0.6) is 0 Å². The summed E-state index contributed by atoms with van der Waals surface area (Å²) in [7, 11) is 3.39. The molecule has 0 heterocycles. The highest BCUT2D eigenvalue weighted by Gasteiger charge is 2.07. The molecule has 0 spiro atoms. The SMILES string of the molecule is COCCc1ccccc1N([S])CCOC.F.F.F. The number of hydrogen-bond donors (Lipinski definition) is 0. The van der Waals surface area contributed by atoms with Gasteiger partial charge in [-0.15, -0.1) is 0 Å². The minimum Gasteiger partial charge on any atom is -0.384 e. The smallest absolute Gasteiger partial charge is 0.0648 e. The Balaban J connectivity index is -0.000000853. The Morgan fingerprint density at radius 1 is 1.00 bits per heavy atom. The van der Waals surface area contributed by atoms with Crippen LogP contribution in [-0.2, 0) is 15.9 Å². The lowest BCUT2D eigenvalue weighted by Crippen LogP contribution is -2.18. The molecule has 1 radical (unpaired) electrons. The summed E-state index contributed by atoms with van der Waals surface area (Å²) in [4.78, 5) is 0. The lowest BCUT2D eigenvalue weighted by molar-refractivity contribution is 0.202. The van der Waals surface area contributed by atoms with Crippen LogP contribution in [-0.4, -0.2) is 34.0 Å². The van der Waals surface area contributed by atoms with Crippen LogP contribution in [0.25, 0.3) is 0 Å². The maximum atomic E-state index is 5.32. The molecule has 0 atom stereocenters. The normalized spacial score (nSPS) is 8.79. The molecule has 0 aliphatic heterocycles. The Kier molecular flexibility index (Phi) is 16.5. The molecule has 0 saturated carbocycles. The van der Waals surface area contributed by atoms with Crippen molar-refractivity contribution in [1.82, 2.24) is 0 Å². The van der Waals surface area contributed by atoms with Gasteiger partial charge >= 0.3 is 0 Å². The third kappa shape index (κ3) is 7.97. The van der Waals surface area contributed by atoms with Gasteiger partial charge in [-0.2, -0.15) is 0 Å². The molecule has 1 rings (SSSR count). The molecule has 1 aromatic rings. The number of benzene rings is 1. The predicted octanol–water partition coefficient (Wildman–Crippen LogP) is 2.90. The zero-order valence-electron chi connectivity index (χ0n) is 11.0. The van der Waals surface area contributed by atoms with Gasteiger partial charge in [0.05, 0.1) is 25.4 Å². The molecule has 3 nitrogen and oxygen atoms in total. The number of methoxy groups -OCH3 is 2. The molecule has 0 bridgehead atoms. The number of anilines is 1. The second-order valence-corrected chi connectivity index (χ2v) is 3.91. The van der Waals surface area contributed by atoms with E-state index in [1.165, 1.54) is 5.56 Å². The molecule has 0 N–H and O–H groups in total. The molecule has 113 valence electrons. The highest BCUT2D eigenvalue weighted by atomic mass is 32.1. The Hall–Kier alpha value is -0.920. The predicted molar refractivity (Wildman–Crippen MR) is 76.3 cm³/mol. The molecular formula is C12H21F3NO2S. The zero-order valence-corrected chi connectivity index (χ0v) is 11.9. The summed E-state index contributed by atoms with van der Waals surface area (Å²) in [6.07, 6.45) is 0.882. The van der Waals surface area contributed by atoms with Gasteiger partial charge in [0, 0.05) is 27.0 Å². The number of hydrogen-bond acceptors (Lipinski definition) is 3. The van der Waals surface area contributed by atoms with Gasteiger partial charge in [-0.25, -0.2) is 0 Å². The topological polar surface area (TPSA) is 21.7 Å². The van der Waals surface area contributed by atoms with Crippen molar-refractivity contribution < 1.29 is 23.6 Å². The maximum absolute atomic E-state index is 5.32. The summed E-state index contributed by atoms with van der Waals surface area (Å²) in [6.45, 7) is 2.07. The molecule has 0 unspecified atom stereocenters. The van der Waals surface area contributed by atoms with E-state index in [0.717, 1.165) is 18.7 Å². The molecule has 7 heteroatoms. The molecular weight excluding hydrogens is 279 g/mol. The van der Waals surface area contributed by atoms with Gasteiger partial charge in [-0.1, -0.05) is 18.2 Å². The Bertz CT molecular complexity index is 319. The average Bonchev–Trinajstić information content (AvgIpc) is 2.33. The van der Waals surface area contributed by atoms with Crippen molar-refractivity contribution in [2.75, 3.05) is 38.3 Å². The van der Waals surface area contributed by atoms with Gasteiger partial charge in [0.1, 0.15) is 0 Å². The van der Waals surface area contributed by atoms with Gasteiger partial charge < -0.3 is 13.8 Å². The molecule has 0 aliphatic rings. The Morgan fingerprint density at radius 2 is 1.58 bits per heavy atom. The molecule has 19 heavy (non-hydrogen) atoms. The van der Waals surface area contributed by atoms with Gasteiger partial charge in [0.2, 0.25) is 0 Å². The van der Waals surface area contributed by atoms with Crippen molar-refractivity contribution in [3.8, 4) is 0 Å². The largest absolute Gasteiger partial charge is 0.384 e. The fraction of sp³-hybridized carbons (Fsp3) is 0.500. The monoisotopic (exact) mass is 300 g/mol. The van der Waals surface area contributed by atoms with Crippen LogP contribution >= 0.6 is 12.8 Å². The first kappa shape index (κ1) is 23.2. The molecule has 1 aromatic carbocycles. The van der Waals surface area contributed by atoms with E-state index in [9.17, 15) is 0 Å². The third-order valence-corrected chi connectivity index (χ3v) is 2.71. The van der Waals surface area contributed by atoms with Crippen molar-refractivity contribution in [2.24, 2.45) is 0 Å². The van der Waals surface area contributed by atoms with Crippen molar-refractivity contribution >= 4 is 18.5 Å². The van der Waals surface area contributed by atoms with Crippen molar-refractivity contribution in [3.05, 3.63) is 29.8 Å². The van der Waals surface area contributed by atoms with Gasteiger partial charge in [0.25, 0.3) is 0 Å². The quantitative estimate of drug-likeness (QED) is 0.773. The molecule has 0 aliphatic carbocycles. The number of ether oxygens (including phenoxy) is 2. The lowest BCUT2D eigenvalue weighted by Gasteiger charge is -2.19. The molecule has 0 fully saturated rings. The van der Waals surface area contributed by atoms with Crippen LogP contribution in [0.4, 0.5) is 19.8 Å². The number of halogens is 3. The van der Waals surface area contributed by atoms with E-state index in [-0.39, 0.29) is 14.1 Å². The summed E-state index contributed by atoms with van der Waals surface area (Å²) >= 11 is 5.32. The second kappa shape index (κ2) is 13.5. The van der Waals surface area contributed by atoms with E-state index < -0.39 is 0 Å². The first-order valence-corrected chi connectivity index (χ1v) is 5.66. The zero-order chi connectivity index (χ0) is 11.8. The summed E-state index contributed by atoms with van der Waals surface area (Å²) in [5.41, 5.74) is 2.29. The lowest BCUT2D eigenvalue weighted by atomic mass is 10.1. The maximum Gasteiger partial charge on any atom is 0.0648 e. The summed E-state index contributed by atoms with van der Waals surface area (Å²) < 4.78 is 11.9. The van der Waals surface area contributed by atoms with E-state index >= 15 is 0 Å². The average molecular weight is 300 g/mol. The van der Waals surface area contributed by atoms with Crippen molar-refractivity contribution in [3.63, 3.8) is 0 Å². The summed E-state index contributed by atoms with van der Waals surface area (Å²) in [5, 5.41) is 0. The first-order chi connectivity index (χ1) is 7.79. The van der Waals surface area contributed by atoms with Crippen LogP contribution in [0.2, 0.25) is 0 Å². The Morgan fingerprint density at radius 3 is 2.16 bits per heavy atom. The number of para-hydroxylation sites is 1. The number of nitrogens with zero attached hydrogens (tertiary/aromatic N) is 1. The van der Waals surface area contributed by atoms with E-state index in [4.69, 9.17) is 22.3 Å². The van der Waals surface area contributed by atoms with Crippen LogP contribution in [0.3, 0.4) is 0 Å². The fourth-order valence-electron chi connectivity index (χ4n) is 1.47. The number of rotatable bonds is 7. The van der Waals surface area contributed by atoms with Crippen molar-refractivity contribution in [2.45, 2.75) is 6.42 Å². The standard InChI is InChI=1S/C12H18NO2S.3FH/c1-14-9-7-11-5-3-4-6-12(11)13(16)8-10-15-2;;;/h3-6H,7-10H2,1-2H3;3*1H. The van der Waals surface area contributed by atoms with Crippen LogP contribution < -0.4 is 4.31 Å². The fourth-order valence-corrected chi connectivity index (χ4v) is 1.72. The minimum atomic E-state index is 0. The van der Waals surface area contributed by atoms with Gasteiger partial charge in [-0.3, -0.25) is 14.1 Å². The van der Waals surface area contributed by atoms with E-state index in [2.05, 4.69) is 6.07 Å². The highest BCUT2D eigenvalue weighted by Crippen LogP contribution is 2.22. The summed E-state index contributed by atoms with van der Waals surface area (Å²) in [6, 6.07) is 8.14. The summed E-state index contributed by atoms with van der Waals surface area (Å²) in [5.74, 6) is 0. The van der Waals surface area contributed by atoms with E-state index in [1.54, 1.807) is 18.5 Å².